The molecule has 130 valence electrons. The maximum absolute atomic E-state index is 11.3. The summed E-state index contributed by atoms with van der Waals surface area (Å²) in [4.78, 5) is 11.3. The number of carbonyl (C=O) groups is 1. The van der Waals surface area contributed by atoms with Gasteiger partial charge in [-0.1, -0.05) is 58.6 Å². The Hall–Kier alpha value is -0.870. The van der Waals surface area contributed by atoms with Gasteiger partial charge in [0.05, 0.1) is 13.1 Å². The summed E-state index contributed by atoms with van der Waals surface area (Å²) in [6.45, 7) is 8.68. The van der Waals surface area contributed by atoms with Gasteiger partial charge in [-0.05, 0) is 19.3 Å². The molecule has 1 atom stereocenters. The first kappa shape index (κ1) is 21.1. The van der Waals surface area contributed by atoms with Crippen molar-refractivity contribution in [1.29, 1.82) is 0 Å². The predicted octanol–water partition coefficient (Wildman–Crippen LogP) is 3.60. The third-order valence-corrected chi connectivity index (χ3v) is 4.10. The SMILES string of the molecule is CCCC/C=C/C(O)C[N+](CCCC)(CCCC)CC(=O)O. The Labute approximate surface area is 136 Å². The van der Waals surface area contributed by atoms with Crippen LogP contribution in [0.25, 0.3) is 0 Å². The fourth-order valence-corrected chi connectivity index (χ4v) is 2.82. The van der Waals surface area contributed by atoms with E-state index in [1.165, 1.54) is 0 Å². The normalized spacial score (nSPS) is 13.6. The van der Waals surface area contributed by atoms with Crippen molar-refractivity contribution in [3.8, 4) is 0 Å². The molecular formula is C18H36NO3+. The number of rotatable bonds is 14. The molecule has 0 aliphatic carbocycles. The lowest BCUT2D eigenvalue weighted by Crippen LogP contribution is -2.55. The molecule has 0 aromatic rings. The lowest BCUT2D eigenvalue weighted by Gasteiger charge is -2.38. The molecule has 0 spiro atoms. The topological polar surface area (TPSA) is 57.5 Å². The van der Waals surface area contributed by atoms with Crippen LogP contribution in [0.5, 0.6) is 0 Å². The zero-order valence-electron chi connectivity index (χ0n) is 14.8. The van der Waals surface area contributed by atoms with Gasteiger partial charge in [0.2, 0.25) is 0 Å². The molecule has 0 aromatic carbocycles. The van der Waals surface area contributed by atoms with E-state index in [2.05, 4.69) is 20.8 Å². The van der Waals surface area contributed by atoms with Crippen LogP contribution in [0.3, 0.4) is 0 Å². The minimum Gasteiger partial charge on any atom is -0.477 e. The largest absolute Gasteiger partial charge is 0.477 e. The molecular weight excluding hydrogens is 278 g/mol. The van der Waals surface area contributed by atoms with Crippen LogP contribution < -0.4 is 0 Å². The van der Waals surface area contributed by atoms with Gasteiger partial charge in [0, 0.05) is 0 Å². The van der Waals surface area contributed by atoms with Crippen molar-refractivity contribution in [3.63, 3.8) is 0 Å². The Balaban J connectivity index is 4.83. The fraction of sp³-hybridized carbons (Fsp3) is 0.833. The zero-order valence-corrected chi connectivity index (χ0v) is 14.8. The number of aliphatic hydroxyl groups is 1. The van der Waals surface area contributed by atoms with E-state index in [0.717, 1.165) is 58.0 Å². The zero-order chi connectivity index (χ0) is 16.8. The Kier molecular flexibility index (Phi) is 12.2. The summed E-state index contributed by atoms with van der Waals surface area (Å²) < 4.78 is 0.496. The molecule has 0 aliphatic rings. The molecule has 0 rings (SSSR count). The number of nitrogens with zero attached hydrogens (tertiary/aromatic N) is 1. The van der Waals surface area contributed by atoms with Crippen molar-refractivity contribution in [1.82, 2.24) is 0 Å². The maximum Gasteiger partial charge on any atom is 0.359 e. The average Bonchev–Trinajstić information content (AvgIpc) is 2.47. The molecule has 2 N–H and O–H groups in total. The highest BCUT2D eigenvalue weighted by Crippen LogP contribution is 2.15. The van der Waals surface area contributed by atoms with Crippen LogP contribution in [-0.4, -0.2) is 52.9 Å². The van der Waals surface area contributed by atoms with Gasteiger partial charge in [-0.2, -0.15) is 0 Å². The molecule has 0 heterocycles. The lowest BCUT2D eigenvalue weighted by molar-refractivity contribution is -0.924. The van der Waals surface area contributed by atoms with Crippen molar-refractivity contribution in [3.05, 3.63) is 12.2 Å². The van der Waals surface area contributed by atoms with Crippen molar-refractivity contribution in [2.75, 3.05) is 26.2 Å². The molecule has 0 fully saturated rings. The Morgan fingerprint density at radius 2 is 1.59 bits per heavy atom. The number of hydrogen-bond acceptors (Lipinski definition) is 2. The quantitative estimate of drug-likeness (QED) is 0.293. The van der Waals surface area contributed by atoms with E-state index in [1.807, 2.05) is 12.2 Å². The Bertz CT molecular complexity index is 307. The highest BCUT2D eigenvalue weighted by Gasteiger charge is 2.31. The van der Waals surface area contributed by atoms with Gasteiger partial charge in [0.15, 0.2) is 6.54 Å². The molecule has 0 amide bonds. The van der Waals surface area contributed by atoms with Crippen molar-refractivity contribution in [2.24, 2.45) is 0 Å². The van der Waals surface area contributed by atoms with Crippen LogP contribution in [0, 0.1) is 0 Å². The van der Waals surface area contributed by atoms with Gasteiger partial charge in [0.25, 0.3) is 0 Å². The second-order valence-electron chi connectivity index (χ2n) is 6.37. The minimum atomic E-state index is -0.769. The molecule has 0 saturated carbocycles. The minimum absolute atomic E-state index is 0.111. The van der Waals surface area contributed by atoms with Crippen LogP contribution in [0.4, 0.5) is 0 Å². The second-order valence-corrected chi connectivity index (χ2v) is 6.37. The average molecular weight is 314 g/mol. The fourth-order valence-electron chi connectivity index (χ4n) is 2.82. The van der Waals surface area contributed by atoms with Crippen molar-refractivity contribution < 1.29 is 19.5 Å². The molecule has 4 heteroatoms. The Morgan fingerprint density at radius 3 is 2.05 bits per heavy atom. The highest BCUT2D eigenvalue weighted by molar-refractivity contribution is 5.67. The van der Waals surface area contributed by atoms with Gasteiger partial charge in [-0.3, -0.25) is 0 Å². The molecule has 0 radical (unpaired) electrons. The first-order chi connectivity index (χ1) is 10.5. The third-order valence-electron chi connectivity index (χ3n) is 4.10. The highest BCUT2D eigenvalue weighted by atomic mass is 16.4. The lowest BCUT2D eigenvalue weighted by atomic mass is 10.1. The molecule has 4 nitrogen and oxygen atoms in total. The standard InChI is InChI=1S/C18H35NO3/c1-4-7-10-11-12-17(20)15-19(13-8-5-2,14-9-6-3)16-18(21)22/h11-12,17,20H,4-10,13-16H2,1-3H3/p+1/b12-11+. The van der Waals surface area contributed by atoms with Crippen molar-refractivity contribution in [2.45, 2.75) is 71.8 Å². The summed E-state index contributed by atoms with van der Waals surface area (Å²) >= 11 is 0. The first-order valence-corrected chi connectivity index (χ1v) is 8.91. The van der Waals surface area contributed by atoms with E-state index in [0.29, 0.717) is 11.0 Å². The number of quaternary nitrogens is 1. The van der Waals surface area contributed by atoms with Crippen molar-refractivity contribution >= 4 is 5.97 Å². The van der Waals surface area contributed by atoms with Gasteiger partial charge in [0.1, 0.15) is 12.6 Å². The van der Waals surface area contributed by atoms with E-state index in [1.54, 1.807) is 0 Å². The number of unbranched alkanes of at least 4 members (excludes halogenated alkanes) is 4. The maximum atomic E-state index is 11.3. The molecule has 0 bridgehead atoms. The summed E-state index contributed by atoms with van der Waals surface area (Å²) in [6, 6.07) is 0. The van der Waals surface area contributed by atoms with E-state index in [9.17, 15) is 15.0 Å². The molecule has 0 saturated heterocycles. The Morgan fingerprint density at radius 1 is 1.05 bits per heavy atom. The van der Waals surface area contributed by atoms with Gasteiger partial charge in [-0.15, -0.1) is 0 Å². The number of hydrogen-bond donors (Lipinski definition) is 2. The van der Waals surface area contributed by atoms with Gasteiger partial charge in [-0.25, -0.2) is 4.79 Å². The number of aliphatic carboxylic acids is 1. The van der Waals surface area contributed by atoms with Crippen LogP contribution in [0.1, 0.15) is 65.7 Å². The van der Waals surface area contributed by atoms with Gasteiger partial charge >= 0.3 is 5.97 Å². The van der Waals surface area contributed by atoms with Crippen LogP contribution in [-0.2, 0) is 4.79 Å². The summed E-state index contributed by atoms with van der Waals surface area (Å²) in [6.07, 6.45) is 10.7. The number of carboxylic acid groups (broad SMARTS) is 1. The van der Waals surface area contributed by atoms with Crippen LogP contribution in [0.2, 0.25) is 0 Å². The van der Waals surface area contributed by atoms with E-state index >= 15 is 0 Å². The smallest absolute Gasteiger partial charge is 0.359 e. The van der Waals surface area contributed by atoms with Gasteiger partial charge < -0.3 is 14.7 Å². The predicted molar refractivity (Wildman–Crippen MR) is 91.9 cm³/mol. The molecule has 0 aliphatic heterocycles. The second kappa shape index (κ2) is 12.7. The molecule has 1 unspecified atom stereocenters. The third kappa shape index (κ3) is 9.96. The summed E-state index contributed by atoms with van der Waals surface area (Å²) in [7, 11) is 0. The van der Waals surface area contributed by atoms with Crippen LogP contribution >= 0.6 is 0 Å². The number of allylic oxidation sites excluding steroid dienone is 1. The van der Waals surface area contributed by atoms with E-state index in [-0.39, 0.29) is 6.54 Å². The van der Waals surface area contributed by atoms with E-state index < -0.39 is 12.1 Å². The molecule has 0 aromatic heterocycles. The van der Waals surface area contributed by atoms with Crippen LogP contribution in [0.15, 0.2) is 12.2 Å². The molecule has 22 heavy (non-hydrogen) atoms. The first-order valence-electron chi connectivity index (χ1n) is 8.91. The number of carboxylic acids is 1. The monoisotopic (exact) mass is 314 g/mol. The summed E-state index contributed by atoms with van der Waals surface area (Å²) in [5.74, 6) is -0.769. The van der Waals surface area contributed by atoms with E-state index in [4.69, 9.17) is 0 Å². The summed E-state index contributed by atoms with van der Waals surface area (Å²) in [5.41, 5.74) is 0. The number of aliphatic hydroxyl groups excluding tert-OH is 1. The summed E-state index contributed by atoms with van der Waals surface area (Å²) in [5, 5.41) is 19.6.